The number of esters is 1. The Hall–Kier alpha value is -4.13. The second-order valence-corrected chi connectivity index (χ2v) is 16.0. The highest BCUT2D eigenvalue weighted by Gasteiger charge is 2.43. The van der Waals surface area contributed by atoms with Gasteiger partial charge in [-0.05, 0) is 81.5 Å². The van der Waals surface area contributed by atoms with Gasteiger partial charge in [0.2, 0.25) is 10.0 Å². The average molecular weight is 688 g/mol. The Balaban J connectivity index is 1.41. The molecule has 4 heterocycles. The largest absolute Gasteiger partial charge is 0.488 e. The number of nitrogens with zero attached hydrogens (tertiary/aromatic N) is 5. The Labute approximate surface area is 285 Å². The smallest absolute Gasteiger partial charge is 0.312 e. The van der Waals surface area contributed by atoms with E-state index < -0.39 is 21.4 Å². The molecule has 0 saturated heterocycles. The number of benzene rings is 2. The van der Waals surface area contributed by atoms with Gasteiger partial charge in [-0.25, -0.2) is 13.1 Å². The molecule has 48 heavy (non-hydrogen) atoms. The molecule has 3 aromatic heterocycles. The SMILES string of the molecule is CC[C@@H]1CN(Cc2cc([C@@H](c3ccc4c(nnn4CC)c3C)C(C)(C)C(=O)OCc3ccccc3)sc2C)S(=O)(=O)c2cnccc2O1. The van der Waals surface area contributed by atoms with Crippen LogP contribution in [0.2, 0.25) is 0 Å². The van der Waals surface area contributed by atoms with E-state index in [-0.39, 0.29) is 36.7 Å². The predicted octanol–water partition coefficient (Wildman–Crippen LogP) is 6.79. The first-order valence-electron chi connectivity index (χ1n) is 16.2. The highest BCUT2D eigenvalue weighted by molar-refractivity contribution is 7.89. The maximum Gasteiger partial charge on any atom is 0.312 e. The number of carbonyl (C=O) groups is 1. The highest BCUT2D eigenvalue weighted by Crippen LogP contribution is 2.47. The first-order chi connectivity index (χ1) is 22.9. The van der Waals surface area contributed by atoms with Crippen LogP contribution in [0.5, 0.6) is 5.75 Å². The molecule has 0 aliphatic carbocycles. The maximum atomic E-state index is 14.0. The van der Waals surface area contributed by atoms with E-state index in [0.717, 1.165) is 43.0 Å². The Morgan fingerprint density at radius 2 is 1.90 bits per heavy atom. The van der Waals surface area contributed by atoms with Crippen LogP contribution in [0.25, 0.3) is 11.0 Å². The number of hydrogen-bond donors (Lipinski definition) is 0. The molecular weight excluding hydrogens is 647 g/mol. The summed E-state index contributed by atoms with van der Waals surface area (Å²) in [7, 11) is -3.89. The van der Waals surface area contributed by atoms with Crippen LogP contribution < -0.4 is 4.74 Å². The van der Waals surface area contributed by atoms with Crippen molar-refractivity contribution in [2.45, 2.75) is 84.6 Å². The summed E-state index contributed by atoms with van der Waals surface area (Å²) in [5, 5.41) is 8.84. The van der Waals surface area contributed by atoms with Crippen molar-refractivity contribution in [3.8, 4) is 5.75 Å². The monoisotopic (exact) mass is 687 g/mol. The Morgan fingerprint density at radius 1 is 1.12 bits per heavy atom. The lowest BCUT2D eigenvalue weighted by Crippen LogP contribution is -2.36. The minimum atomic E-state index is -3.89. The van der Waals surface area contributed by atoms with Crippen molar-refractivity contribution >= 4 is 38.4 Å². The number of carbonyl (C=O) groups excluding carboxylic acids is 1. The van der Waals surface area contributed by atoms with E-state index in [0.29, 0.717) is 18.7 Å². The van der Waals surface area contributed by atoms with Crippen LogP contribution in [0, 0.1) is 19.3 Å². The summed E-state index contributed by atoms with van der Waals surface area (Å²) < 4.78 is 43.3. The van der Waals surface area contributed by atoms with Gasteiger partial charge < -0.3 is 9.47 Å². The molecule has 5 aromatic rings. The normalized spacial score (nSPS) is 17.0. The van der Waals surface area contributed by atoms with E-state index in [1.807, 2.05) is 82.6 Å². The topological polar surface area (TPSA) is 117 Å². The van der Waals surface area contributed by atoms with Gasteiger partial charge in [0.05, 0.1) is 23.7 Å². The van der Waals surface area contributed by atoms with E-state index in [4.69, 9.17) is 9.47 Å². The lowest BCUT2D eigenvalue weighted by molar-refractivity contribution is -0.156. The molecule has 0 spiro atoms. The molecule has 0 bridgehead atoms. The quantitative estimate of drug-likeness (QED) is 0.148. The minimum absolute atomic E-state index is 0.0679. The molecule has 252 valence electrons. The standard InChI is InChI=1S/C36H41N5O5S2/c1-7-27-21-40(48(43,44)32-19-37-17-16-30(32)46-27)20-26-18-31(47-24(26)4)33(28-14-15-29-34(23(28)3)38-39-41(29)8-2)36(5,6)35(42)45-22-25-12-10-9-11-13-25/h9-19,27,33H,7-8,20-22H2,1-6H3/t27-,33-/m1/s1. The lowest BCUT2D eigenvalue weighted by Gasteiger charge is -2.33. The van der Waals surface area contributed by atoms with Gasteiger partial charge in [-0.2, -0.15) is 4.31 Å². The number of sulfonamides is 1. The molecule has 0 fully saturated rings. The van der Waals surface area contributed by atoms with Crippen molar-refractivity contribution in [1.82, 2.24) is 24.3 Å². The molecule has 2 atom stereocenters. The first-order valence-corrected chi connectivity index (χ1v) is 18.4. The molecule has 0 N–H and O–H groups in total. The van der Waals surface area contributed by atoms with E-state index in [1.54, 1.807) is 23.6 Å². The summed E-state index contributed by atoms with van der Waals surface area (Å²) in [6.07, 6.45) is 3.24. The second kappa shape index (κ2) is 13.4. The number of pyridine rings is 1. The van der Waals surface area contributed by atoms with Gasteiger partial charge in [-0.15, -0.1) is 16.4 Å². The van der Waals surface area contributed by atoms with Crippen LogP contribution in [0.15, 0.2) is 71.9 Å². The first kappa shape index (κ1) is 33.8. The van der Waals surface area contributed by atoms with Gasteiger partial charge in [-0.3, -0.25) is 9.78 Å². The molecule has 6 rings (SSSR count). The molecule has 1 aliphatic heterocycles. The second-order valence-electron chi connectivity index (χ2n) is 12.8. The summed E-state index contributed by atoms with van der Waals surface area (Å²) in [4.78, 5) is 20.1. The fourth-order valence-electron chi connectivity index (χ4n) is 6.39. The van der Waals surface area contributed by atoms with E-state index in [9.17, 15) is 13.2 Å². The van der Waals surface area contributed by atoms with Crippen LogP contribution in [0.1, 0.15) is 72.0 Å². The third-order valence-corrected chi connectivity index (χ3v) is 12.2. The fourth-order valence-corrected chi connectivity index (χ4v) is 9.25. The summed E-state index contributed by atoms with van der Waals surface area (Å²) in [5.41, 5.74) is 4.38. The van der Waals surface area contributed by atoms with Crippen LogP contribution >= 0.6 is 11.3 Å². The number of thiophene rings is 1. The molecular formula is C36H41N5O5S2. The minimum Gasteiger partial charge on any atom is -0.488 e. The summed E-state index contributed by atoms with van der Waals surface area (Å²) in [6.45, 7) is 13.1. The molecule has 10 nitrogen and oxygen atoms in total. The Morgan fingerprint density at radius 3 is 2.62 bits per heavy atom. The van der Waals surface area contributed by atoms with E-state index >= 15 is 0 Å². The summed E-state index contributed by atoms with van der Waals surface area (Å²) in [6, 6.07) is 17.4. The lowest BCUT2D eigenvalue weighted by atomic mass is 9.72. The van der Waals surface area contributed by atoms with E-state index in [2.05, 4.69) is 27.4 Å². The van der Waals surface area contributed by atoms with E-state index in [1.165, 1.54) is 10.5 Å². The fraction of sp³-hybridized carbons (Fsp3) is 0.389. The third kappa shape index (κ3) is 6.24. The zero-order valence-corrected chi connectivity index (χ0v) is 29.8. The molecule has 0 saturated carbocycles. The van der Waals surface area contributed by atoms with Crippen LogP contribution in [0.3, 0.4) is 0 Å². The van der Waals surface area contributed by atoms with Gasteiger partial charge in [0.15, 0.2) is 0 Å². The molecule has 0 unspecified atom stereocenters. The van der Waals surface area contributed by atoms with Crippen molar-refractivity contribution in [3.63, 3.8) is 0 Å². The average Bonchev–Trinajstić information content (AvgIpc) is 3.64. The van der Waals surface area contributed by atoms with Crippen LogP contribution in [-0.2, 0) is 39.3 Å². The molecule has 1 aliphatic rings. The number of aromatic nitrogens is 4. The van der Waals surface area contributed by atoms with Gasteiger partial charge in [0.25, 0.3) is 0 Å². The zero-order valence-electron chi connectivity index (χ0n) is 28.1. The van der Waals surface area contributed by atoms with Crippen molar-refractivity contribution in [1.29, 1.82) is 0 Å². The van der Waals surface area contributed by atoms with Crippen molar-refractivity contribution in [2.75, 3.05) is 6.54 Å². The molecule has 2 aromatic carbocycles. The van der Waals surface area contributed by atoms with Crippen molar-refractivity contribution < 1.29 is 22.7 Å². The van der Waals surface area contributed by atoms with Crippen LogP contribution in [-0.4, -0.2) is 51.3 Å². The third-order valence-electron chi connectivity index (χ3n) is 9.24. The van der Waals surface area contributed by atoms with Crippen molar-refractivity contribution in [3.05, 3.63) is 99.0 Å². The van der Waals surface area contributed by atoms with Crippen molar-refractivity contribution in [2.24, 2.45) is 5.41 Å². The number of aryl methyl sites for hydroxylation is 3. The predicted molar refractivity (Wildman–Crippen MR) is 185 cm³/mol. The maximum absolute atomic E-state index is 14.0. The number of hydrogen-bond acceptors (Lipinski definition) is 9. The summed E-state index contributed by atoms with van der Waals surface area (Å²) in [5.74, 6) is -0.418. The van der Waals surface area contributed by atoms with Crippen LogP contribution in [0.4, 0.5) is 0 Å². The molecule has 12 heteroatoms. The number of rotatable bonds is 10. The highest BCUT2D eigenvalue weighted by atomic mass is 32.2. The van der Waals surface area contributed by atoms with Gasteiger partial charge in [0, 0.05) is 35.0 Å². The molecule has 0 amide bonds. The number of fused-ring (bicyclic) bond motifs is 2. The van der Waals surface area contributed by atoms with Gasteiger partial charge >= 0.3 is 5.97 Å². The number of ether oxygens (including phenoxy) is 2. The van der Waals surface area contributed by atoms with Gasteiger partial charge in [-0.1, -0.05) is 48.5 Å². The van der Waals surface area contributed by atoms with Gasteiger partial charge in [0.1, 0.15) is 28.9 Å². The Bertz CT molecular complexity index is 2060. The summed E-state index contributed by atoms with van der Waals surface area (Å²) >= 11 is 1.57. The zero-order chi connectivity index (χ0) is 34.2. The Kier molecular flexibility index (Phi) is 9.43. The molecule has 0 radical (unpaired) electrons.